The summed E-state index contributed by atoms with van der Waals surface area (Å²) in [4.78, 5) is 53.0. The summed E-state index contributed by atoms with van der Waals surface area (Å²) in [5.74, 6) is -7.12. The van der Waals surface area contributed by atoms with Gasteiger partial charge >= 0.3 is 0 Å². The number of halogens is 1. The van der Waals surface area contributed by atoms with E-state index in [1.54, 1.807) is 12.1 Å². The van der Waals surface area contributed by atoms with E-state index in [0.29, 0.717) is 0 Å². The van der Waals surface area contributed by atoms with Crippen LogP contribution in [0.5, 0.6) is 11.5 Å². The van der Waals surface area contributed by atoms with Crippen molar-refractivity contribution >= 4 is 50.6 Å². The molecule has 0 bridgehead atoms. The third kappa shape index (κ3) is 3.58. The van der Waals surface area contributed by atoms with Crippen LogP contribution >= 0.6 is 15.9 Å². The fourth-order valence-electron chi connectivity index (χ4n) is 4.70. The number of allylic oxidation sites excluding steroid dienone is 2. The van der Waals surface area contributed by atoms with E-state index in [-0.39, 0.29) is 43.8 Å². The van der Waals surface area contributed by atoms with Gasteiger partial charge < -0.3 is 20.1 Å². The summed E-state index contributed by atoms with van der Waals surface area (Å²) in [7, 11) is 1.28. The highest BCUT2D eigenvalue weighted by molar-refractivity contribution is 9.10. The summed E-state index contributed by atoms with van der Waals surface area (Å²) in [6.07, 6.45) is 0. The van der Waals surface area contributed by atoms with E-state index in [0.717, 1.165) is 0 Å². The number of hydrogen-bond acceptors (Lipinski definition) is 8. The molecule has 0 unspecified atom stereocenters. The van der Waals surface area contributed by atoms with E-state index in [4.69, 9.17) is 4.74 Å². The second-order valence-electron chi connectivity index (χ2n) is 8.42. The van der Waals surface area contributed by atoms with Crippen molar-refractivity contribution in [2.75, 3.05) is 7.11 Å². The minimum Gasteiger partial charge on any atom is -0.507 e. The van der Waals surface area contributed by atoms with Gasteiger partial charge in [0, 0.05) is 28.2 Å². The third-order valence-electron chi connectivity index (χ3n) is 6.45. The Balaban J connectivity index is 1.90. The molecule has 37 heavy (non-hydrogen) atoms. The monoisotopic (exact) mass is 560 g/mol. The van der Waals surface area contributed by atoms with E-state index in [1.807, 2.05) is 0 Å². The standard InChI is InChI=1S/C28H17BrO8/c1-37-18-11-12(10-17(29)26(18)34)19(20-22(30)13-6-2-4-8-15(13)24(32)27(20)35)21-23(31)14-7-3-5-9-16(14)25(33)28(21)36/h2-11,19,30-31,34H,1H3. The van der Waals surface area contributed by atoms with Gasteiger partial charge in [0.05, 0.1) is 22.7 Å². The fourth-order valence-corrected chi connectivity index (χ4v) is 5.16. The molecule has 0 aromatic heterocycles. The first-order valence-electron chi connectivity index (χ1n) is 11.0. The summed E-state index contributed by atoms with van der Waals surface area (Å²) >= 11 is 3.20. The smallest absolute Gasteiger partial charge is 0.234 e. The number of hydrogen-bond donors (Lipinski definition) is 3. The Labute approximate surface area is 218 Å². The first kappa shape index (κ1) is 24.2. The Hall–Kier alpha value is -4.50. The number of benzene rings is 3. The van der Waals surface area contributed by atoms with Crippen LogP contribution in [-0.4, -0.2) is 45.6 Å². The van der Waals surface area contributed by atoms with Crippen LogP contribution in [0.25, 0.3) is 11.5 Å². The van der Waals surface area contributed by atoms with Gasteiger partial charge in [0.2, 0.25) is 23.1 Å². The summed E-state index contributed by atoms with van der Waals surface area (Å²) in [6.45, 7) is 0. The van der Waals surface area contributed by atoms with Gasteiger partial charge in [-0.1, -0.05) is 48.5 Å². The molecular weight excluding hydrogens is 544 g/mol. The number of carbonyl (C=O) groups is 4. The van der Waals surface area contributed by atoms with E-state index < -0.39 is 51.7 Å². The maximum atomic E-state index is 13.4. The average Bonchev–Trinajstić information content (AvgIpc) is 2.91. The fraction of sp³-hybridized carbons (Fsp3) is 0.0714. The number of aliphatic hydroxyl groups is 2. The molecule has 184 valence electrons. The Bertz CT molecular complexity index is 1540. The maximum Gasteiger partial charge on any atom is 0.234 e. The molecule has 9 heteroatoms. The summed E-state index contributed by atoms with van der Waals surface area (Å²) in [5.41, 5.74) is -0.821. The van der Waals surface area contributed by atoms with Crippen molar-refractivity contribution in [2.45, 2.75) is 5.92 Å². The number of aromatic hydroxyl groups is 1. The molecule has 0 spiro atoms. The average molecular weight is 561 g/mol. The molecular formula is C28H17BrO8. The van der Waals surface area contributed by atoms with E-state index in [2.05, 4.69) is 15.9 Å². The molecule has 5 rings (SSSR count). The Morgan fingerprint density at radius 2 is 1.11 bits per heavy atom. The molecule has 2 aliphatic rings. The zero-order chi connectivity index (χ0) is 26.6. The zero-order valence-corrected chi connectivity index (χ0v) is 20.7. The highest BCUT2D eigenvalue weighted by Gasteiger charge is 2.45. The number of rotatable bonds is 4. The molecule has 0 fully saturated rings. The first-order valence-corrected chi connectivity index (χ1v) is 11.8. The van der Waals surface area contributed by atoms with Gasteiger partial charge in [0.15, 0.2) is 11.5 Å². The van der Waals surface area contributed by atoms with Gasteiger partial charge in [0.25, 0.3) is 0 Å². The number of aliphatic hydroxyl groups excluding tert-OH is 2. The molecule has 0 saturated heterocycles. The van der Waals surface area contributed by atoms with Gasteiger partial charge in [-0.15, -0.1) is 0 Å². The number of Topliss-reactive ketones (excluding diaryl/α,β-unsaturated/α-hetero) is 4. The lowest BCUT2D eigenvalue weighted by Crippen LogP contribution is -2.33. The molecule has 2 aliphatic carbocycles. The topological polar surface area (TPSA) is 138 Å². The largest absolute Gasteiger partial charge is 0.507 e. The van der Waals surface area contributed by atoms with Crippen LogP contribution in [0.1, 0.15) is 43.3 Å². The van der Waals surface area contributed by atoms with Crippen molar-refractivity contribution in [3.63, 3.8) is 0 Å². The van der Waals surface area contributed by atoms with E-state index >= 15 is 0 Å². The number of phenols is 1. The van der Waals surface area contributed by atoms with Crippen molar-refractivity contribution in [2.24, 2.45) is 0 Å². The van der Waals surface area contributed by atoms with E-state index in [9.17, 15) is 34.5 Å². The third-order valence-corrected chi connectivity index (χ3v) is 7.05. The lowest BCUT2D eigenvalue weighted by molar-refractivity contribution is -0.112. The van der Waals surface area contributed by atoms with Crippen LogP contribution in [0, 0.1) is 0 Å². The van der Waals surface area contributed by atoms with Crippen LogP contribution in [0.4, 0.5) is 0 Å². The Kier molecular flexibility index (Phi) is 5.80. The summed E-state index contributed by atoms with van der Waals surface area (Å²) in [6, 6.07) is 14.5. The molecule has 0 amide bonds. The molecule has 0 saturated carbocycles. The minimum absolute atomic E-state index is 0.0217. The second kappa shape index (κ2) is 8.86. The number of methoxy groups -OCH3 is 1. The van der Waals surface area contributed by atoms with Crippen molar-refractivity contribution in [1.29, 1.82) is 0 Å². The summed E-state index contributed by atoms with van der Waals surface area (Å²) in [5, 5.41) is 32.9. The zero-order valence-electron chi connectivity index (χ0n) is 19.1. The van der Waals surface area contributed by atoms with Gasteiger partial charge in [-0.2, -0.15) is 0 Å². The Morgan fingerprint density at radius 1 is 0.676 bits per heavy atom. The van der Waals surface area contributed by atoms with Crippen molar-refractivity contribution < 1.29 is 39.2 Å². The van der Waals surface area contributed by atoms with Crippen LogP contribution in [0.3, 0.4) is 0 Å². The van der Waals surface area contributed by atoms with Crippen LogP contribution < -0.4 is 4.74 Å². The lowest BCUT2D eigenvalue weighted by atomic mass is 9.72. The van der Waals surface area contributed by atoms with Crippen LogP contribution in [-0.2, 0) is 9.59 Å². The number of ketones is 4. The molecule has 3 N–H and O–H groups in total. The molecule has 3 aromatic rings. The molecule has 0 atom stereocenters. The van der Waals surface area contributed by atoms with Crippen molar-refractivity contribution in [3.05, 3.63) is 104 Å². The Morgan fingerprint density at radius 3 is 1.54 bits per heavy atom. The highest BCUT2D eigenvalue weighted by Crippen LogP contribution is 2.47. The predicted molar refractivity (Wildman–Crippen MR) is 136 cm³/mol. The number of fused-ring (bicyclic) bond motifs is 2. The van der Waals surface area contributed by atoms with Crippen LogP contribution in [0.15, 0.2) is 76.3 Å². The number of carbonyl (C=O) groups excluding carboxylic acids is 4. The van der Waals surface area contributed by atoms with Crippen molar-refractivity contribution in [3.8, 4) is 11.5 Å². The first-order chi connectivity index (χ1) is 17.7. The minimum atomic E-state index is -1.57. The van der Waals surface area contributed by atoms with Crippen molar-refractivity contribution in [1.82, 2.24) is 0 Å². The van der Waals surface area contributed by atoms with Gasteiger partial charge in [-0.25, -0.2) is 0 Å². The van der Waals surface area contributed by atoms with Crippen LogP contribution in [0.2, 0.25) is 0 Å². The maximum absolute atomic E-state index is 13.4. The lowest BCUT2D eigenvalue weighted by Gasteiger charge is -2.29. The highest BCUT2D eigenvalue weighted by atomic mass is 79.9. The molecule has 8 nitrogen and oxygen atoms in total. The van der Waals surface area contributed by atoms with Gasteiger partial charge in [-0.3, -0.25) is 19.2 Å². The van der Waals surface area contributed by atoms with E-state index in [1.165, 1.54) is 55.6 Å². The number of phenolic OH excluding ortho intramolecular Hbond substituents is 1. The predicted octanol–water partition coefficient (Wildman–Crippen LogP) is 4.72. The van der Waals surface area contributed by atoms with Gasteiger partial charge in [0.1, 0.15) is 11.5 Å². The SMILES string of the molecule is COc1cc(C(C2=C(O)c3ccccc3C(=O)C2=O)C2=C(O)c3ccccc3C(=O)C2=O)cc(Br)c1O. The molecule has 0 aliphatic heterocycles. The normalized spacial score (nSPS) is 15.3. The molecule has 0 radical (unpaired) electrons. The summed E-state index contributed by atoms with van der Waals surface area (Å²) < 4.78 is 5.32. The number of ether oxygens (including phenoxy) is 1. The molecule has 3 aromatic carbocycles. The second-order valence-corrected chi connectivity index (χ2v) is 9.27. The quantitative estimate of drug-likeness (QED) is 0.390. The molecule has 0 heterocycles. The van der Waals surface area contributed by atoms with Gasteiger partial charge in [-0.05, 0) is 33.6 Å².